The van der Waals surface area contributed by atoms with E-state index in [0.717, 1.165) is 22.5 Å². The Morgan fingerprint density at radius 1 is 1.28 bits per heavy atom. The van der Waals surface area contributed by atoms with E-state index in [0.29, 0.717) is 17.1 Å². The van der Waals surface area contributed by atoms with E-state index in [2.05, 4.69) is 17.2 Å². The van der Waals surface area contributed by atoms with Gasteiger partial charge in [0.15, 0.2) is 5.15 Å². The van der Waals surface area contributed by atoms with Gasteiger partial charge in [0.2, 0.25) is 0 Å². The number of hydrogen-bond acceptors (Lipinski definition) is 2. The van der Waals surface area contributed by atoms with Crippen molar-refractivity contribution in [1.82, 2.24) is 9.78 Å². The summed E-state index contributed by atoms with van der Waals surface area (Å²) >= 11 is 6.23. The minimum atomic E-state index is 0.388. The minimum Gasteiger partial charge on any atom is -0.221 e. The van der Waals surface area contributed by atoms with Gasteiger partial charge in [-0.25, -0.2) is 4.68 Å². The summed E-state index contributed by atoms with van der Waals surface area (Å²) in [5.41, 5.74) is 4.40. The molecule has 0 spiro atoms. The zero-order chi connectivity index (χ0) is 13.3. The van der Waals surface area contributed by atoms with Crippen LogP contribution in [0.3, 0.4) is 0 Å². The van der Waals surface area contributed by atoms with E-state index in [4.69, 9.17) is 16.9 Å². The van der Waals surface area contributed by atoms with Crippen LogP contribution in [0, 0.1) is 25.2 Å². The largest absolute Gasteiger partial charge is 0.221 e. The highest BCUT2D eigenvalue weighted by Crippen LogP contribution is 2.24. The quantitative estimate of drug-likeness (QED) is 0.827. The standard InChI is InChI=1S/C14H14ClN3/c1-4-13-12(8-16)14(15)18(17-13)11-6-9(2)5-10(3)7-11/h5-7H,4H2,1-3H3. The van der Waals surface area contributed by atoms with Crippen LogP contribution in [-0.4, -0.2) is 9.78 Å². The first kappa shape index (κ1) is 12.7. The van der Waals surface area contributed by atoms with E-state index < -0.39 is 0 Å². The van der Waals surface area contributed by atoms with E-state index in [9.17, 15) is 0 Å². The van der Waals surface area contributed by atoms with E-state index in [1.54, 1.807) is 4.68 Å². The van der Waals surface area contributed by atoms with Gasteiger partial charge in [0.25, 0.3) is 0 Å². The zero-order valence-electron chi connectivity index (χ0n) is 10.7. The van der Waals surface area contributed by atoms with Gasteiger partial charge in [-0.3, -0.25) is 0 Å². The highest BCUT2D eigenvalue weighted by molar-refractivity contribution is 6.31. The van der Waals surface area contributed by atoms with Crippen LogP contribution in [0.15, 0.2) is 18.2 Å². The van der Waals surface area contributed by atoms with E-state index >= 15 is 0 Å². The van der Waals surface area contributed by atoms with Crippen molar-refractivity contribution < 1.29 is 0 Å². The molecule has 0 saturated heterocycles. The van der Waals surface area contributed by atoms with E-state index in [1.165, 1.54) is 0 Å². The maximum atomic E-state index is 9.11. The van der Waals surface area contributed by atoms with Crippen molar-refractivity contribution in [3.8, 4) is 11.8 Å². The Balaban J connectivity index is 2.65. The van der Waals surface area contributed by atoms with Crippen LogP contribution < -0.4 is 0 Å². The summed E-state index contributed by atoms with van der Waals surface area (Å²) < 4.78 is 1.64. The average Bonchev–Trinajstić information content (AvgIpc) is 2.64. The first-order chi connectivity index (χ1) is 8.56. The van der Waals surface area contributed by atoms with Gasteiger partial charge >= 0.3 is 0 Å². The zero-order valence-corrected chi connectivity index (χ0v) is 11.4. The smallest absolute Gasteiger partial charge is 0.150 e. The Hall–Kier alpha value is -1.79. The number of benzene rings is 1. The molecule has 1 aromatic heterocycles. The number of aromatic nitrogens is 2. The molecule has 0 unspecified atom stereocenters. The third-order valence-electron chi connectivity index (χ3n) is 2.80. The summed E-state index contributed by atoms with van der Waals surface area (Å²) in [5, 5.41) is 13.9. The Morgan fingerprint density at radius 3 is 2.33 bits per heavy atom. The van der Waals surface area contributed by atoms with Crippen molar-refractivity contribution in [2.24, 2.45) is 0 Å². The lowest BCUT2D eigenvalue weighted by Crippen LogP contribution is -1.98. The van der Waals surface area contributed by atoms with Gasteiger partial charge < -0.3 is 0 Å². The third-order valence-corrected chi connectivity index (χ3v) is 3.15. The Morgan fingerprint density at radius 2 is 1.89 bits per heavy atom. The lowest BCUT2D eigenvalue weighted by Gasteiger charge is -2.06. The number of rotatable bonds is 2. The van der Waals surface area contributed by atoms with Gasteiger partial charge in [-0.2, -0.15) is 10.4 Å². The first-order valence-electron chi connectivity index (χ1n) is 5.83. The van der Waals surface area contributed by atoms with Crippen LogP contribution >= 0.6 is 11.6 Å². The Labute approximate surface area is 112 Å². The molecule has 0 saturated carbocycles. The number of nitrogens with zero attached hydrogens (tertiary/aromatic N) is 3. The molecule has 0 aliphatic rings. The van der Waals surface area contributed by atoms with Crippen molar-refractivity contribution in [2.75, 3.05) is 0 Å². The molecule has 2 aromatic rings. The van der Waals surface area contributed by atoms with Crippen molar-refractivity contribution >= 4 is 11.6 Å². The summed E-state index contributed by atoms with van der Waals surface area (Å²) in [4.78, 5) is 0. The van der Waals surface area contributed by atoms with Gasteiger partial charge in [-0.15, -0.1) is 0 Å². The van der Waals surface area contributed by atoms with Gasteiger partial charge in [-0.05, 0) is 43.5 Å². The molecular weight excluding hydrogens is 246 g/mol. The molecule has 0 atom stereocenters. The lowest BCUT2D eigenvalue weighted by atomic mass is 10.1. The van der Waals surface area contributed by atoms with Crippen molar-refractivity contribution in [3.05, 3.63) is 45.7 Å². The molecule has 1 aromatic carbocycles. The monoisotopic (exact) mass is 259 g/mol. The van der Waals surface area contributed by atoms with E-state index in [1.807, 2.05) is 32.9 Å². The molecular formula is C14H14ClN3. The summed E-state index contributed by atoms with van der Waals surface area (Å²) in [7, 11) is 0. The van der Waals surface area contributed by atoms with Gasteiger partial charge in [-0.1, -0.05) is 24.6 Å². The van der Waals surface area contributed by atoms with Gasteiger partial charge in [0, 0.05) is 0 Å². The predicted octanol–water partition coefficient (Wildman–Crippen LogP) is 3.58. The second-order valence-corrected chi connectivity index (χ2v) is 4.69. The highest BCUT2D eigenvalue weighted by Gasteiger charge is 2.16. The minimum absolute atomic E-state index is 0.388. The summed E-state index contributed by atoms with van der Waals surface area (Å²) in [6, 6.07) is 8.22. The number of halogens is 1. The summed E-state index contributed by atoms with van der Waals surface area (Å²) in [6.45, 7) is 6.02. The fourth-order valence-corrected chi connectivity index (χ4v) is 2.33. The summed E-state index contributed by atoms with van der Waals surface area (Å²) in [5.74, 6) is 0. The summed E-state index contributed by atoms with van der Waals surface area (Å²) in [6.07, 6.45) is 0.695. The molecule has 2 rings (SSSR count). The molecule has 0 bridgehead atoms. The molecule has 0 fully saturated rings. The van der Waals surface area contributed by atoms with E-state index in [-0.39, 0.29) is 0 Å². The van der Waals surface area contributed by atoms with Gasteiger partial charge in [0.1, 0.15) is 11.6 Å². The van der Waals surface area contributed by atoms with Crippen LogP contribution in [0.1, 0.15) is 29.3 Å². The van der Waals surface area contributed by atoms with Gasteiger partial charge in [0.05, 0.1) is 11.4 Å². The maximum Gasteiger partial charge on any atom is 0.150 e. The normalized spacial score (nSPS) is 10.4. The number of aryl methyl sites for hydroxylation is 3. The molecule has 3 nitrogen and oxygen atoms in total. The van der Waals surface area contributed by atoms with Crippen molar-refractivity contribution in [2.45, 2.75) is 27.2 Å². The van der Waals surface area contributed by atoms with Crippen molar-refractivity contribution in [3.63, 3.8) is 0 Å². The Bertz CT molecular complexity index is 615. The Kier molecular flexibility index (Phi) is 3.40. The fraction of sp³-hybridized carbons (Fsp3) is 0.286. The number of hydrogen-bond donors (Lipinski definition) is 0. The third kappa shape index (κ3) is 2.12. The fourth-order valence-electron chi connectivity index (χ4n) is 2.04. The SMILES string of the molecule is CCc1nn(-c2cc(C)cc(C)c2)c(Cl)c1C#N. The van der Waals surface area contributed by atoms with Crippen LogP contribution in [0.4, 0.5) is 0 Å². The van der Waals surface area contributed by atoms with Crippen LogP contribution in [0.5, 0.6) is 0 Å². The molecule has 0 aliphatic heterocycles. The second kappa shape index (κ2) is 4.83. The van der Waals surface area contributed by atoms with Crippen LogP contribution in [0.2, 0.25) is 5.15 Å². The lowest BCUT2D eigenvalue weighted by molar-refractivity contribution is 0.840. The van der Waals surface area contributed by atoms with Crippen LogP contribution in [0.25, 0.3) is 5.69 Å². The molecule has 4 heteroatoms. The van der Waals surface area contributed by atoms with Crippen molar-refractivity contribution in [1.29, 1.82) is 5.26 Å². The first-order valence-corrected chi connectivity index (χ1v) is 6.20. The average molecular weight is 260 g/mol. The second-order valence-electron chi connectivity index (χ2n) is 4.34. The topological polar surface area (TPSA) is 41.6 Å². The highest BCUT2D eigenvalue weighted by atomic mass is 35.5. The predicted molar refractivity (Wildman–Crippen MR) is 72.1 cm³/mol. The van der Waals surface area contributed by atoms with Crippen LogP contribution in [-0.2, 0) is 6.42 Å². The maximum absolute atomic E-state index is 9.11. The molecule has 0 radical (unpaired) electrons. The number of nitriles is 1. The molecule has 0 aliphatic carbocycles. The molecule has 1 heterocycles. The molecule has 0 N–H and O–H groups in total. The molecule has 0 amide bonds. The molecule has 92 valence electrons. The molecule has 18 heavy (non-hydrogen) atoms.